The van der Waals surface area contributed by atoms with Gasteiger partial charge in [-0.1, -0.05) is 19.1 Å². The maximum absolute atomic E-state index is 13.5. The molecule has 1 aromatic carbocycles. The molecule has 0 aliphatic heterocycles. The minimum atomic E-state index is -0.306. The van der Waals surface area contributed by atoms with Crippen LogP contribution in [0.1, 0.15) is 26.3 Å². The first-order chi connectivity index (χ1) is 10.1. The maximum Gasteiger partial charge on any atom is 0.235 e. The van der Waals surface area contributed by atoms with Gasteiger partial charge in [-0.15, -0.1) is 11.8 Å². The first-order valence-corrected chi connectivity index (χ1v) is 7.81. The van der Waals surface area contributed by atoms with Crippen molar-refractivity contribution in [1.29, 1.82) is 0 Å². The molecule has 0 aliphatic carbocycles. The van der Waals surface area contributed by atoms with Gasteiger partial charge in [-0.05, 0) is 25.5 Å². The number of hydrogen-bond donors (Lipinski definition) is 1. The smallest absolute Gasteiger partial charge is 0.235 e. The van der Waals surface area contributed by atoms with Gasteiger partial charge in [-0.3, -0.25) is 4.79 Å². The number of thioether (sulfide) groups is 1. The molecule has 0 saturated heterocycles. The summed E-state index contributed by atoms with van der Waals surface area (Å²) in [4.78, 5) is 12.4. The number of halogens is 1. The maximum atomic E-state index is 13.5. The van der Waals surface area contributed by atoms with E-state index in [1.165, 1.54) is 17.8 Å². The summed E-state index contributed by atoms with van der Waals surface area (Å²) in [6, 6.07) is 8.41. The molecule has 1 amide bonds. The molecule has 6 heteroatoms. The summed E-state index contributed by atoms with van der Waals surface area (Å²) in [5, 5.41) is 7.02. The highest BCUT2D eigenvalue weighted by molar-refractivity contribution is 8.00. The fraction of sp³-hybridized carbons (Fsp3) is 0.333. The first kappa shape index (κ1) is 15.6. The number of rotatable bonds is 6. The number of nitrogens with zero attached hydrogens (tertiary/aromatic N) is 2. The summed E-state index contributed by atoms with van der Waals surface area (Å²) in [6.45, 7) is 4.10. The van der Waals surface area contributed by atoms with Crippen LogP contribution < -0.4 is 5.32 Å². The summed E-state index contributed by atoms with van der Waals surface area (Å²) < 4.78 is 15.2. The summed E-state index contributed by atoms with van der Waals surface area (Å²) in [6.07, 6.45) is 2.58. The average molecular weight is 307 g/mol. The van der Waals surface area contributed by atoms with Crippen LogP contribution in [0, 0.1) is 5.82 Å². The molecule has 0 aliphatic rings. The van der Waals surface area contributed by atoms with Gasteiger partial charge in [0.15, 0.2) is 0 Å². The van der Waals surface area contributed by atoms with E-state index in [1.807, 2.05) is 6.92 Å². The highest BCUT2D eigenvalue weighted by Gasteiger charge is 2.12. The van der Waals surface area contributed by atoms with Crippen LogP contribution in [-0.2, 0) is 4.79 Å². The summed E-state index contributed by atoms with van der Waals surface area (Å²) >= 11 is 1.18. The molecule has 1 heterocycles. The van der Waals surface area contributed by atoms with Crippen molar-refractivity contribution in [2.45, 2.75) is 31.2 Å². The average Bonchev–Trinajstić information content (AvgIpc) is 2.93. The van der Waals surface area contributed by atoms with Gasteiger partial charge in [0.1, 0.15) is 11.6 Å². The van der Waals surface area contributed by atoms with E-state index in [9.17, 15) is 9.18 Å². The third-order valence-corrected chi connectivity index (χ3v) is 4.19. The lowest BCUT2D eigenvalue weighted by Gasteiger charge is -2.14. The number of nitrogens with one attached hydrogen (secondary N) is 1. The molecule has 4 nitrogen and oxygen atoms in total. The zero-order valence-corrected chi connectivity index (χ0v) is 12.9. The van der Waals surface area contributed by atoms with Crippen LogP contribution in [0.2, 0.25) is 0 Å². The fourth-order valence-corrected chi connectivity index (χ4v) is 2.56. The van der Waals surface area contributed by atoms with Crippen LogP contribution in [0.3, 0.4) is 0 Å². The van der Waals surface area contributed by atoms with Crippen molar-refractivity contribution in [3.8, 4) is 0 Å². The van der Waals surface area contributed by atoms with E-state index in [0.717, 1.165) is 6.42 Å². The lowest BCUT2D eigenvalue weighted by molar-refractivity contribution is -0.113. The van der Waals surface area contributed by atoms with Crippen molar-refractivity contribution in [3.63, 3.8) is 0 Å². The van der Waals surface area contributed by atoms with Crippen molar-refractivity contribution in [3.05, 3.63) is 42.3 Å². The Kier molecular flexibility index (Phi) is 5.38. The van der Waals surface area contributed by atoms with Gasteiger partial charge in [0.2, 0.25) is 5.91 Å². The van der Waals surface area contributed by atoms with Crippen LogP contribution in [0.15, 0.2) is 41.4 Å². The second kappa shape index (κ2) is 7.26. The molecule has 2 aromatic rings. The standard InChI is InChI=1S/C15H18FN3OS/c1-3-11(2)19-14(8-9-17-19)18-15(20)10-21-13-7-5-4-6-12(13)16/h4-9,11H,3,10H2,1-2H3,(H,18,20). The second-order valence-electron chi connectivity index (χ2n) is 4.69. The monoisotopic (exact) mass is 307 g/mol. The fourth-order valence-electron chi connectivity index (χ4n) is 1.82. The van der Waals surface area contributed by atoms with E-state index in [4.69, 9.17) is 0 Å². The zero-order valence-electron chi connectivity index (χ0n) is 12.0. The molecule has 1 unspecified atom stereocenters. The van der Waals surface area contributed by atoms with Crippen LogP contribution >= 0.6 is 11.8 Å². The van der Waals surface area contributed by atoms with Crippen LogP contribution in [0.25, 0.3) is 0 Å². The molecule has 0 spiro atoms. The van der Waals surface area contributed by atoms with E-state index >= 15 is 0 Å². The third-order valence-electron chi connectivity index (χ3n) is 3.14. The minimum absolute atomic E-state index is 0.159. The van der Waals surface area contributed by atoms with E-state index in [1.54, 1.807) is 35.1 Å². The predicted molar refractivity (Wildman–Crippen MR) is 83.0 cm³/mol. The lowest BCUT2D eigenvalue weighted by atomic mass is 10.3. The van der Waals surface area contributed by atoms with Gasteiger partial charge >= 0.3 is 0 Å². The number of amides is 1. The quantitative estimate of drug-likeness (QED) is 0.827. The lowest BCUT2D eigenvalue weighted by Crippen LogP contribution is -2.18. The van der Waals surface area contributed by atoms with E-state index < -0.39 is 0 Å². The highest BCUT2D eigenvalue weighted by atomic mass is 32.2. The highest BCUT2D eigenvalue weighted by Crippen LogP contribution is 2.22. The molecule has 1 aromatic heterocycles. The Morgan fingerprint density at radius 3 is 2.90 bits per heavy atom. The number of hydrogen-bond acceptors (Lipinski definition) is 3. The molecular weight excluding hydrogens is 289 g/mol. The summed E-state index contributed by atoms with van der Waals surface area (Å²) in [5.74, 6) is 0.351. The van der Waals surface area contributed by atoms with Crippen LogP contribution in [0.5, 0.6) is 0 Å². The molecule has 0 radical (unpaired) electrons. The van der Waals surface area contributed by atoms with Crippen molar-refractivity contribution in [1.82, 2.24) is 9.78 Å². The zero-order chi connectivity index (χ0) is 15.2. The molecular formula is C15H18FN3OS. The second-order valence-corrected chi connectivity index (χ2v) is 5.70. The minimum Gasteiger partial charge on any atom is -0.310 e. The van der Waals surface area contributed by atoms with Crippen molar-refractivity contribution in [2.75, 3.05) is 11.1 Å². The van der Waals surface area contributed by atoms with Gasteiger partial charge < -0.3 is 5.32 Å². The third kappa shape index (κ3) is 4.07. The van der Waals surface area contributed by atoms with Gasteiger partial charge in [0, 0.05) is 11.0 Å². The molecule has 0 fully saturated rings. The SMILES string of the molecule is CCC(C)n1nccc1NC(=O)CSc1ccccc1F. The van der Waals surface area contributed by atoms with Crippen molar-refractivity contribution < 1.29 is 9.18 Å². The number of aromatic nitrogens is 2. The van der Waals surface area contributed by atoms with Gasteiger partial charge in [-0.2, -0.15) is 5.10 Å². The van der Waals surface area contributed by atoms with Crippen molar-refractivity contribution >= 4 is 23.5 Å². The van der Waals surface area contributed by atoms with E-state index in [-0.39, 0.29) is 23.5 Å². The molecule has 0 saturated carbocycles. The molecule has 0 bridgehead atoms. The Bertz CT molecular complexity index is 614. The molecule has 2 rings (SSSR count). The normalized spacial score (nSPS) is 12.1. The summed E-state index contributed by atoms with van der Waals surface area (Å²) in [7, 11) is 0. The predicted octanol–water partition coefficient (Wildman–Crippen LogP) is 3.72. The van der Waals surface area contributed by atoms with Crippen molar-refractivity contribution in [2.24, 2.45) is 0 Å². The van der Waals surface area contributed by atoms with E-state index in [2.05, 4.69) is 17.3 Å². The van der Waals surface area contributed by atoms with E-state index in [0.29, 0.717) is 10.7 Å². The van der Waals surface area contributed by atoms with Crippen LogP contribution in [-0.4, -0.2) is 21.4 Å². The molecule has 1 N–H and O–H groups in total. The number of benzene rings is 1. The van der Waals surface area contributed by atoms with Gasteiger partial charge in [-0.25, -0.2) is 9.07 Å². The Morgan fingerprint density at radius 2 is 2.19 bits per heavy atom. The molecule has 112 valence electrons. The number of anilines is 1. The summed E-state index contributed by atoms with van der Waals surface area (Å²) in [5.41, 5.74) is 0. The Balaban J connectivity index is 1.94. The molecule has 21 heavy (non-hydrogen) atoms. The Hall–Kier alpha value is -1.82. The van der Waals surface area contributed by atoms with Gasteiger partial charge in [0.25, 0.3) is 0 Å². The molecule has 1 atom stereocenters. The topological polar surface area (TPSA) is 46.9 Å². The number of carbonyl (C=O) groups excluding carboxylic acids is 1. The first-order valence-electron chi connectivity index (χ1n) is 6.82. The Labute approximate surface area is 127 Å². The Morgan fingerprint density at radius 1 is 1.43 bits per heavy atom. The van der Waals surface area contributed by atoms with Crippen LogP contribution in [0.4, 0.5) is 10.2 Å². The number of carbonyl (C=O) groups is 1. The van der Waals surface area contributed by atoms with Gasteiger partial charge in [0.05, 0.1) is 18.0 Å². The largest absolute Gasteiger partial charge is 0.310 e.